The summed E-state index contributed by atoms with van der Waals surface area (Å²) in [4.78, 5) is 11.2. The number of hydrogen-bond donors (Lipinski definition) is 2. The number of anilines is 2. The molecule has 1 unspecified atom stereocenters. The van der Waals surface area contributed by atoms with Crippen LogP contribution >= 0.6 is 8.03 Å². The Morgan fingerprint density at radius 2 is 1.82 bits per heavy atom. The molecule has 0 saturated heterocycles. The standard InChI is InChI=1S/C10H17N3.CH3O2P/c1-13(2)8-7-12-10-5-3-9(11)4-6-10;1-4(2)3/h3-6,12H,7-8,11H2,1-2H3;1H3. The molecule has 5 nitrogen and oxygen atoms in total. The molecule has 1 rings (SSSR count). The number of nitrogens with one attached hydrogen (secondary N) is 1. The maximum Gasteiger partial charge on any atom is 0.305 e. The van der Waals surface area contributed by atoms with Gasteiger partial charge in [-0.3, -0.25) is 0 Å². The summed E-state index contributed by atoms with van der Waals surface area (Å²) >= 11 is 0. The first-order chi connectivity index (χ1) is 7.91. The summed E-state index contributed by atoms with van der Waals surface area (Å²) in [6.07, 6.45) is 0. The van der Waals surface area contributed by atoms with E-state index in [1.807, 2.05) is 24.3 Å². The van der Waals surface area contributed by atoms with Crippen LogP contribution in [0.2, 0.25) is 0 Å². The fraction of sp³-hybridized carbons (Fsp3) is 0.455. The Hall–Kier alpha value is -1.16. The molecule has 0 radical (unpaired) electrons. The van der Waals surface area contributed by atoms with Gasteiger partial charge in [-0.2, -0.15) is 0 Å². The Balaban J connectivity index is 0.000000557. The maximum atomic E-state index is 9.04. The van der Waals surface area contributed by atoms with Crippen molar-refractivity contribution in [3.05, 3.63) is 24.3 Å². The summed E-state index contributed by atoms with van der Waals surface area (Å²) in [7, 11) is 2.00. The number of nitrogens with zero attached hydrogens (tertiary/aromatic N) is 1. The highest BCUT2D eigenvalue weighted by Gasteiger charge is 1.91. The Morgan fingerprint density at radius 1 is 1.35 bits per heavy atom. The van der Waals surface area contributed by atoms with Crippen LogP contribution in [0.25, 0.3) is 0 Å². The minimum Gasteiger partial charge on any atom is -0.596 e. The fourth-order valence-electron chi connectivity index (χ4n) is 1.02. The van der Waals surface area contributed by atoms with Crippen molar-refractivity contribution in [3.8, 4) is 0 Å². The molecule has 0 aliphatic heterocycles. The van der Waals surface area contributed by atoms with Gasteiger partial charge in [0.05, 0.1) is 0 Å². The van der Waals surface area contributed by atoms with Gasteiger partial charge in [0.15, 0.2) is 0 Å². The molecule has 0 bridgehead atoms. The summed E-state index contributed by atoms with van der Waals surface area (Å²) in [6.45, 7) is 3.11. The zero-order chi connectivity index (χ0) is 13.3. The largest absolute Gasteiger partial charge is 0.596 e. The normalized spacial score (nSPS) is 10.5. The highest BCUT2D eigenvalue weighted by atomic mass is 31.1. The molecule has 0 heterocycles. The summed E-state index contributed by atoms with van der Waals surface area (Å²) in [5.41, 5.74) is 7.49. The van der Waals surface area contributed by atoms with E-state index in [-0.39, 0.29) is 0 Å². The molecular weight excluding hydrogens is 237 g/mol. The van der Waals surface area contributed by atoms with E-state index < -0.39 is 8.03 Å². The smallest absolute Gasteiger partial charge is 0.305 e. The molecule has 6 heteroatoms. The average Bonchev–Trinajstić information content (AvgIpc) is 2.19. The first kappa shape index (κ1) is 15.8. The lowest BCUT2D eigenvalue weighted by Crippen LogP contribution is -2.20. The quantitative estimate of drug-likeness (QED) is 0.620. The first-order valence-electron chi connectivity index (χ1n) is 5.24. The number of hydrogen-bond acceptors (Lipinski definition) is 5. The molecule has 1 aromatic carbocycles. The Kier molecular flexibility index (Phi) is 8.32. The molecule has 1 aromatic rings. The summed E-state index contributed by atoms with van der Waals surface area (Å²) in [5, 5.41) is 3.31. The third-order valence-corrected chi connectivity index (χ3v) is 1.80. The van der Waals surface area contributed by atoms with E-state index >= 15 is 0 Å². The highest BCUT2D eigenvalue weighted by molar-refractivity contribution is 7.35. The second-order valence-electron chi connectivity index (χ2n) is 3.79. The van der Waals surface area contributed by atoms with Gasteiger partial charge in [-0.25, -0.2) is 0 Å². The summed E-state index contributed by atoms with van der Waals surface area (Å²) in [6, 6.07) is 7.78. The maximum absolute atomic E-state index is 9.04. The van der Waals surface area contributed by atoms with Crippen LogP contribution in [0.4, 0.5) is 11.4 Å². The van der Waals surface area contributed by atoms with Gasteiger partial charge in [-0.15, -0.1) is 0 Å². The van der Waals surface area contributed by atoms with Gasteiger partial charge in [0.1, 0.15) is 6.66 Å². The Labute approximate surface area is 103 Å². The van der Waals surface area contributed by atoms with Crippen molar-refractivity contribution in [2.24, 2.45) is 0 Å². The minimum atomic E-state index is -2.12. The lowest BCUT2D eigenvalue weighted by Gasteiger charge is -2.11. The molecule has 0 fully saturated rings. The zero-order valence-corrected chi connectivity index (χ0v) is 11.4. The van der Waals surface area contributed by atoms with Crippen molar-refractivity contribution in [1.82, 2.24) is 4.90 Å². The number of likely N-dealkylation sites (N-methyl/N-ethyl adjacent to an activating group) is 1. The Morgan fingerprint density at radius 3 is 2.24 bits per heavy atom. The average molecular weight is 257 g/mol. The van der Waals surface area contributed by atoms with Crippen LogP contribution in [-0.2, 0) is 4.57 Å². The monoisotopic (exact) mass is 257 g/mol. The van der Waals surface area contributed by atoms with Crippen molar-refractivity contribution in [2.75, 3.05) is 44.9 Å². The molecular formula is C11H20N3O2P. The second-order valence-corrected chi connectivity index (χ2v) is 4.67. The van der Waals surface area contributed by atoms with E-state index in [2.05, 4.69) is 24.3 Å². The summed E-state index contributed by atoms with van der Waals surface area (Å²) < 4.78 is 9.04. The summed E-state index contributed by atoms with van der Waals surface area (Å²) in [5.74, 6) is 0. The van der Waals surface area contributed by atoms with E-state index in [9.17, 15) is 0 Å². The van der Waals surface area contributed by atoms with Crippen LogP contribution in [0.1, 0.15) is 0 Å². The van der Waals surface area contributed by atoms with Gasteiger partial charge >= 0.3 is 8.03 Å². The van der Waals surface area contributed by atoms with Crippen LogP contribution < -0.4 is 15.9 Å². The van der Waals surface area contributed by atoms with Crippen molar-refractivity contribution >= 4 is 19.4 Å². The minimum absolute atomic E-state index is 0.804. The van der Waals surface area contributed by atoms with Crippen LogP contribution in [0, 0.1) is 0 Å². The molecule has 0 amide bonds. The Bertz CT molecular complexity index is 324. The highest BCUT2D eigenvalue weighted by Crippen LogP contribution is 2.09. The predicted molar refractivity (Wildman–Crippen MR) is 71.4 cm³/mol. The molecule has 0 spiro atoms. The van der Waals surface area contributed by atoms with Crippen molar-refractivity contribution in [1.29, 1.82) is 0 Å². The van der Waals surface area contributed by atoms with E-state index in [0.29, 0.717) is 0 Å². The van der Waals surface area contributed by atoms with Crippen LogP contribution in [0.15, 0.2) is 24.3 Å². The van der Waals surface area contributed by atoms with E-state index in [1.165, 1.54) is 0 Å². The van der Waals surface area contributed by atoms with Crippen molar-refractivity contribution < 1.29 is 9.46 Å². The molecule has 0 saturated carbocycles. The molecule has 0 aliphatic rings. The number of rotatable bonds is 4. The first-order valence-corrected chi connectivity index (χ1v) is 6.86. The lowest BCUT2D eigenvalue weighted by molar-refractivity contribution is -0.162. The van der Waals surface area contributed by atoms with E-state index in [1.54, 1.807) is 0 Å². The SMILES string of the molecule is CN(C)CCNc1ccc(N)cc1.C[P+](=O)[O-]. The molecule has 1 atom stereocenters. The van der Waals surface area contributed by atoms with Crippen LogP contribution in [0.3, 0.4) is 0 Å². The molecule has 0 aromatic heterocycles. The topological polar surface area (TPSA) is 81.4 Å². The van der Waals surface area contributed by atoms with E-state index in [4.69, 9.17) is 15.2 Å². The van der Waals surface area contributed by atoms with Crippen molar-refractivity contribution in [2.45, 2.75) is 0 Å². The fourth-order valence-corrected chi connectivity index (χ4v) is 1.02. The third-order valence-electron chi connectivity index (χ3n) is 1.80. The number of nitrogen functional groups attached to an aromatic ring is 1. The molecule has 17 heavy (non-hydrogen) atoms. The van der Waals surface area contributed by atoms with Crippen LogP contribution in [-0.4, -0.2) is 38.7 Å². The number of nitrogens with two attached hydrogens (primary N) is 1. The second kappa shape index (κ2) is 8.93. The lowest BCUT2D eigenvalue weighted by atomic mass is 10.3. The molecule has 0 aliphatic carbocycles. The van der Waals surface area contributed by atoms with Gasteiger partial charge < -0.3 is 20.8 Å². The van der Waals surface area contributed by atoms with Gasteiger partial charge in [0.25, 0.3) is 0 Å². The van der Waals surface area contributed by atoms with Crippen LogP contribution in [0.5, 0.6) is 0 Å². The predicted octanol–water partition coefficient (Wildman–Crippen LogP) is 0.961. The third kappa shape index (κ3) is 11.1. The number of benzene rings is 1. The van der Waals surface area contributed by atoms with Gasteiger partial charge in [0.2, 0.25) is 0 Å². The van der Waals surface area contributed by atoms with Gasteiger partial charge in [0, 0.05) is 24.5 Å². The van der Waals surface area contributed by atoms with Gasteiger partial charge in [-0.05, 0) is 38.4 Å². The molecule has 96 valence electrons. The van der Waals surface area contributed by atoms with Crippen molar-refractivity contribution in [3.63, 3.8) is 0 Å². The molecule has 3 N–H and O–H groups in total. The van der Waals surface area contributed by atoms with E-state index in [0.717, 1.165) is 31.1 Å². The zero-order valence-electron chi connectivity index (χ0n) is 10.5. The van der Waals surface area contributed by atoms with Gasteiger partial charge in [-0.1, -0.05) is 4.57 Å².